The Bertz CT molecular complexity index is 1530. The molecule has 0 saturated heterocycles. The van der Waals surface area contributed by atoms with E-state index in [0.717, 1.165) is 31.0 Å². The maximum absolute atomic E-state index is 13.6. The molecule has 0 fully saturated rings. The van der Waals surface area contributed by atoms with E-state index in [0.29, 0.717) is 5.75 Å². The number of fused-ring (bicyclic) bond motifs is 1. The van der Waals surface area contributed by atoms with Gasteiger partial charge in [-0.05, 0) is 85.3 Å². The third-order valence-corrected chi connectivity index (χ3v) is 8.48. The van der Waals surface area contributed by atoms with Crippen LogP contribution in [-0.4, -0.2) is 12.6 Å². The maximum atomic E-state index is 13.6. The van der Waals surface area contributed by atoms with E-state index >= 15 is 0 Å². The summed E-state index contributed by atoms with van der Waals surface area (Å²) in [7, 11) is -0.404. The second-order valence-electron chi connectivity index (χ2n) is 9.34. The number of hydrogen-bond donors (Lipinski definition) is 0. The normalized spacial score (nSPS) is 12.2. The van der Waals surface area contributed by atoms with Crippen molar-refractivity contribution in [2.45, 2.75) is 34.1 Å². The van der Waals surface area contributed by atoms with Crippen LogP contribution in [0.2, 0.25) is 0 Å². The highest BCUT2D eigenvalue weighted by atomic mass is 32.2. The van der Waals surface area contributed by atoms with Crippen LogP contribution in [0.15, 0.2) is 136 Å². The third-order valence-electron chi connectivity index (χ3n) is 6.25. The first kappa shape index (κ1) is 25.6. The van der Waals surface area contributed by atoms with Crippen LogP contribution in [-0.2, 0) is 26.0 Å². The monoisotopic (exact) mass is 523 g/mol. The molecule has 1 atom stereocenters. The fourth-order valence-electron chi connectivity index (χ4n) is 4.47. The molecule has 0 bridgehead atoms. The lowest BCUT2D eigenvalue weighted by Crippen LogP contribution is -2.28. The van der Waals surface area contributed by atoms with Crippen molar-refractivity contribution in [2.24, 2.45) is 0 Å². The molecule has 0 N–H and O–H groups in total. The summed E-state index contributed by atoms with van der Waals surface area (Å²) in [4.78, 5) is 16.0. The zero-order chi connectivity index (χ0) is 26.5. The van der Waals surface area contributed by atoms with Crippen molar-refractivity contribution in [2.75, 3.05) is 6.61 Å². The molecular formula is C33H28FO3S+. The van der Waals surface area contributed by atoms with E-state index in [9.17, 15) is 9.18 Å². The minimum Gasteiger partial charge on any atom is -0.482 e. The van der Waals surface area contributed by atoms with Gasteiger partial charge in [0.2, 0.25) is 0 Å². The molecule has 0 aliphatic rings. The summed E-state index contributed by atoms with van der Waals surface area (Å²) in [5, 5.41) is 2.15. The predicted octanol–water partition coefficient (Wildman–Crippen LogP) is 7.93. The quantitative estimate of drug-likeness (QED) is 0.153. The smallest absolute Gasteiger partial charge is 0.345 e. The number of hydrogen-bond acceptors (Lipinski definition) is 3. The van der Waals surface area contributed by atoms with E-state index in [2.05, 4.69) is 12.1 Å². The van der Waals surface area contributed by atoms with Crippen LogP contribution >= 0.6 is 0 Å². The van der Waals surface area contributed by atoms with E-state index in [1.54, 1.807) is 0 Å². The van der Waals surface area contributed by atoms with Gasteiger partial charge in [0.15, 0.2) is 21.3 Å². The van der Waals surface area contributed by atoms with E-state index < -0.39 is 22.5 Å². The van der Waals surface area contributed by atoms with Gasteiger partial charge in [-0.2, -0.15) is 0 Å². The van der Waals surface area contributed by atoms with Crippen LogP contribution in [0.5, 0.6) is 5.75 Å². The summed E-state index contributed by atoms with van der Waals surface area (Å²) >= 11 is 0. The Morgan fingerprint density at radius 3 is 2.00 bits per heavy atom. The lowest BCUT2D eigenvalue weighted by molar-refractivity contribution is -0.159. The lowest BCUT2D eigenvalue weighted by Gasteiger charge is -2.27. The molecule has 0 amide bonds. The second kappa shape index (κ2) is 11.1. The van der Waals surface area contributed by atoms with Crippen LogP contribution in [0.1, 0.15) is 19.4 Å². The van der Waals surface area contributed by atoms with E-state index in [1.165, 1.54) is 12.1 Å². The zero-order valence-corrected chi connectivity index (χ0v) is 22.1. The van der Waals surface area contributed by atoms with Gasteiger partial charge < -0.3 is 9.47 Å². The molecule has 190 valence electrons. The van der Waals surface area contributed by atoms with Crippen molar-refractivity contribution in [3.05, 3.63) is 133 Å². The Labute approximate surface area is 225 Å². The zero-order valence-electron chi connectivity index (χ0n) is 21.3. The van der Waals surface area contributed by atoms with Crippen molar-refractivity contribution in [3.8, 4) is 5.75 Å². The standard InChI is InChI=1S/C33H28FO3S/c1-33(2,31-14-8-10-24-9-6-7-13-30(24)31)37-32(35)23-36-26-17-21-29(22-18-26)38(27-11-4-3-5-12-27)28-19-15-25(34)16-20-28/h3-22H,23H2,1-2H3/q+1. The molecule has 5 aromatic carbocycles. The van der Waals surface area contributed by atoms with E-state index in [4.69, 9.17) is 9.47 Å². The summed E-state index contributed by atoms with van der Waals surface area (Å²) < 4.78 is 25.2. The number of carbonyl (C=O) groups excluding carboxylic acids is 1. The van der Waals surface area contributed by atoms with Gasteiger partial charge in [-0.15, -0.1) is 0 Å². The maximum Gasteiger partial charge on any atom is 0.345 e. The molecule has 0 aliphatic carbocycles. The average molecular weight is 524 g/mol. The highest BCUT2D eigenvalue weighted by Gasteiger charge is 2.29. The van der Waals surface area contributed by atoms with Crippen molar-refractivity contribution < 1.29 is 18.7 Å². The lowest BCUT2D eigenvalue weighted by atomic mass is 9.92. The molecule has 5 heteroatoms. The van der Waals surface area contributed by atoms with Crippen LogP contribution in [0, 0.1) is 5.82 Å². The van der Waals surface area contributed by atoms with Gasteiger partial charge in [-0.25, -0.2) is 9.18 Å². The fourth-order valence-corrected chi connectivity index (χ4v) is 6.53. The average Bonchev–Trinajstić information content (AvgIpc) is 2.94. The Balaban J connectivity index is 1.28. The number of ether oxygens (including phenoxy) is 2. The van der Waals surface area contributed by atoms with Crippen LogP contribution in [0.3, 0.4) is 0 Å². The number of halogens is 1. The molecule has 5 rings (SSSR count). The second-order valence-corrected chi connectivity index (χ2v) is 11.4. The third kappa shape index (κ3) is 5.74. The molecule has 0 radical (unpaired) electrons. The molecule has 5 aromatic rings. The van der Waals surface area contributed by atoms with Gasteiger partial charge in [-0.3, -0.25) is 0 Å². The molecule has 0 heterocycles. The Kier molecular flexibility index (Phi) is 7.47. The molecule has 0 spiro atoms. The number of carbonyl (C=O) groups is 1. The summed E-state index contributed by atoms with van der Waals surface area (Å²) in [5.41, 5.74) is 0.131. The molecule has 3 nitrogen and oxygen atoms in total. The summed E-state index contributed by atoms with van der Waals surface area (Å²) in [6, 6.07) is 38.5. The SMILES string of the molecule is CC(C)(OC(=O)COc1ccc([S+](c2ccccc2)c2ccc(F)cc2)cc1)c1cccc2ccccc12. The number of benzene rings is 5. The van der Waals surface area contributed by atoms with Gasteiger partial charge in [0.05, 0.1) is 10.9 Å². The molecule has 1 unspecified atom stereocenters. The first-order chi connectivity index (χ1) is 18.4. The highest BCUT2D eigenvalue weighted by molar-refractivity contribution is 7.97. The molecule has 38 heavy (non-hydrogen) atoms. The molecule has 0 aliphatic heterocycles. The molecular weight excluding hydrogens is 495 g/mol. The molecule has 0 saturated carbocycles. The van der Waals surface area contributed by atoms with Crippen LogP contribution in [0.25, 0.3) is 10.8 Å². The highest BCUT2D eigenvalue weighted by Crippen LogP contribution is 2.33. The van der Waals surface area contributed by atoms with Crippen LogP contribution < -0.4 is 4.74 Å². The van der Waals surface area contributed by atoms with Crippen molar-refractivity contribution in [1.82, 2.24) is 0 Å². The number of esters is 1. The predicted molar refractivity (Wildman–Crippen MR) is 150 cm³/mol. The van der Waals surface area contributed by atoms with Crippen molar-refractivity contribution >= 4 is 27.6 Å². The first-order valence-corrected chi connectivity index (χ1v) is 13.6. The van der Waals surface area contributed by atoms with Crippen LogP contribution in [0.4, 0.5) is 4.39 Å². The van der Waals surface area contributed by atoms with Gasteiger partial charge >= 0.3 is 5.97 Å². The topological polar surface area (TPSA) is 35.5 Å². The van der Waals surface area contributed by atoms with Gasteiger partial charge in [0.25, 0.3) is 0 Å². The summed E-state index contributed by atoms with van der Waals surface area (Å²) in [6.45, 7) is 3.58. The Hall–Kier alpha value is -4.09. The first-order valence-electron chi connectivity index (χ1n) is 12.4. The minimum atomic E-state index is -0.815. The van der Waals surface area contributed by atoms with Gasteiger partial charge in [-0.1, -0.05) is 60.7 Å². The fraction of sp³-hybridized carbons (Fsp3) is 0.121. The number of rotatable bonds is 8. The summed E-state index contributed by atoms with van der Waals surface area (Å²) in [5.74, 6) is -0.128. The van der Waals surface area contributed by atoms with Crippen molar-refractivity contribution in [1.29, 1.82) is 0 Å². The molecule has 0 aromatic heterocycles. The summed E-state index contributed by atoms with van der Waals surface area (Å²) in [6.07, 6.45) is 0. The van der Waals surface area contributed by atoms with Crippen molar-refractivity contribution in [3.63, 3.8) is 0 Å². The van der Waals surface area contributed by atoms with Gasteiger partial charge in [0.1, 0.15) is 17.2 Å². The van der Waals surface area contributed by atoms with Gasteiger partial charge in [0, 0.05) is 5.56 Å². The Morgan fingerprint density at radius 1 is 0.711 bits per heavy atom. The van der Waals surface area contributed by atoms with E-state index in [-0.39, 0.29) is 12.4 Å². The minimum absolute atomic E-state index is 0.199. The Morgan fingerprint density at radius 2 is 1.29 bits per heavy atom. The van der Waals surface area contributed by atoms with E-state index in [1.807, 2.05) is 111 Å². The largest absolute Gasteiger partial charge is 0.482 e.